The summed E-state index contributed by atoms with van der Waals surface area (Å²) in [6, 6.07) is 0. The molecule has 0 aliphatic carbocycles. The van der Waals surface area contributed by atoms with E-state index in [9.17, 15) is 0 Å². The average molecular weight is 197 g/mol. The number of rotatable bonds is 4. The Morgan fingerprint density at radius 1 is 1.57 bits per heavy atom. The Morgan fingerprint density at radius 3 is 2.64 bits per heavy atom. The number of anilines is 1. The molecule has 4 heteroatoms. The molecule has 0 saturated heterocycles. The molecule has 80 valence electrons. The van der Waals surface area contributed by atoms with Crippen molar-refractivity contribution in [1.29, 1.82) is 0 Å². The first-order chi connectivity index (χ1) is 6.39. The number of ether oxygens (including phenoxy) is 1. The quantitative estimate of drug-likeness (QED) is 0.798. The van der Waals surface area contributed by atoms with E-state index in [0.29, 0.717) is 12.2 Å². The van der Waals surface area contributed by atoms with Crippen molar-refractivity contribution < 1.29 is 4.74 Å². The molecule has 0 aliphatic heterocycles. The van der Waals surface area contributed by atoms with Crippen LogP contribution in [0.2, 0.25) is 0 Å². The molecule has 1 rings (SSSR count). The maximum Gasteiger partial charge on any atom is 0.0825 e. The van der Waals surface area contributed by atoms with Gasteiger partial charge in [0.1, 0.15) is 0 Å². The summed E-state index contributed by atoms with van der Waals surface area (Å²) in [5.41, 5.74) is 6.04. The van der Waals surface area contributed by atoms with Gasteiger partial charge in [0.25, 0.3) is 0 Å². The zero-order valence-electron chi connectivity index (χ0n) is 9.32. The van der Waals surface area contributed by atoms with E-state index in [-0.39, 0.29) is 11.7 Å². The Balaban J connectivity index is 2.58. The van der Waals surface area contributed by atoms with Gasteiger partial charge in [0.05, 0.1) is 30.1 Å². The normalized spacial score (nSPS) is 12.4. The van der Waals surface area contributed by atoms with E-state index in [2.05, 4.69) is 5.10 Å². The first kappa shape index (κ1) is 11.0. The van der Waals surface area contributed by atoms with Gasteiger partial charge in [0, 0.05) is 6.20 Å². The lowest BCUT2D eigenvalue weighted by Crippen LogP contribution is -2.33. The van der Waals surface area contributed by atoms with Crippen LogP contribution < -0.4 is 5.73 Å². The Bertz CT molecular complexity index is 291. The Morgan fingerprint density at radius 2 is 2.21 bits per heavy atom. The topological polar surface area (TPSA) is 53.1 Å². The first-order valence-corrected chi connectivity index (χ1v) is 4.85. The van der Waals surface area contributed by atoms with Gasteiger partial charge in [-0.1, -0.05) is 0 Å². The molecule has 0 unspecified atom stereocenters. The molecule has 1 aromatic rings. The second kappa shape index (κ2) is 4.00. The van der Waals surface area contributed by atoms with Crippen LogP contribution in [0.5, 0.6) is 0 Å². The van der Waals surface area contributed by atoms with Gasteiger partial charge >= 0.3 is 0 Å². The summed E-state index contributed by atoms with van der Waals surface area (Å²) >= 11 is 0. The largest absolute Gasteiger partial charge is 0.396 e. The van der Waals surface area contributed by atoms with Crippen LogP contribution in [0.1, 0.15) is 27.7 Å². The van der Waals surface area contributed by atoms with E-state index in [1.165, 1.54) is 0 Å². The molecule has 0 atom stereocenters. The molecule has 4 nitrogen and oxygen atoms in total. The van der Waals surface area contributed by atoms with Gasteiger partial charge in [-0.25, -0.2) is 0 Å². The fourth-order valence-electron chi connectivity index (χ4n) is 1.53. The number of nitrogens with two attached hydrogens (primary N) is 1. The van der Waals surface area contributed by atoms with Crippen LogP contribution >= 0.6 is 0 Å². The molecule has 0 bridgehead atoms. The molecule has 0 fully saturated rings. The highest BCUT2D eigenvalue weighted by Crippen LogP contribution is 2.15. The summed E-state index contributed by atoms with van der Waals surface area (Å²) in [4.78, 5) is 0. The number of nitrogens with zero attached hydrogens (tertiary/aromatic N) is 2. The molecule has 1 heterocycles. The van der Waals surface area contributed by atoms with E-state index in [1.54, 1.807) is 10.9 Å². The second-order valence-corrected chi connectivity index (χ2v) is 4.40. The average Bonchev–Trinajstić information content (AvgIpc) is 2.30. The van der Waals surface area contributed by atoms with E-state index in [1.807, 2.05) is 33.9 Å². The second-order valence-electron chi connectivity index (χ2n) is 4.40. The number of nitrogen functional groups attached to an aromatic ring is 1. The maximum atomic E-state index is 5.75. The molecule has 0 aliphatic rings. The lowest BCUT2D eigenvalue weighted by atomic mass is 10.1. The van der Waals surface area contributed by atoms with E-state index in [0.717, 1.165) is 0 Å². The lowest BCUT2D eigenvalue weighted by Gasteiger charge is -2.27. The van der Waals surface area contributed by atoms with Crippen molar-refractivity contribution in [2.24, 2.45) is 0 Å². The van der Waals surface area contributed by atoms with Gasteiger partial charge < -0.3 is 10.5 Å². The summed E-state index contributed by atoms with van der Waals surface area (Å²) < 4.78 is 7.55. The molecule has 14 heavy (non-hydrogen) atoms. The lowest BCUT2D eigenvalue weighted by molar-refractivity contribution is -0.0670. The van der Waals surface area contributed by atoms with Gasteiger partial charge in [-0.2, -0.15) is 5.10 Å². The van der Waals surface area contributed by atoms with Crippen LogP contribution in [0.15, 0.2) is 12.4 Å². The molecule has 1 aromatic heterocycles. The highest BCUT2D eigenvalue weighted by atomic mass is 16.5. The molecule has 0 spiro atoms. The first-order valence-electron chi connectivity index (χ1n) is 4.85. The molecular formula is C10H19N3O. The van der Waals surface area contributed by atoms with Crippen molar-refractivity contribution >= 4 is 5.69 Å². The summed E-state index contributed by atoms with van der Waals surface area (Å²) in [6.45, 7) is 8.86. The van der Waals surface area contributed by atoms with Crippen LogP contribution in [0.4, 0.5) is 5.69 Å². The summed E-state index contributed by atoms with van der Waals surface area (Å²) in [6.07, 6.45) is 3.68. The van der Waals surface area contributed by atoms with Crippen molar-refractivity contribution in [2.45, 2.75) is 45.9 Å². The van der Waals surface area contributed by atoms with Gasteiger partial charge in [-0.15, -0.1) is 0 Å². The Hall–Kier alpha value is -1.03. The van der Waals surface area contributed by atoms with Crippen molar-refractivity contribution in [3.63, 3.8) is 0 Å². The maximum absolute atomic E-state index is 5.75. The van der Waals surface area contributed by atoms with Crippen molar-refractivity contribution in [2.75, 3.05) is 5.73 Å². The van der Waals surface area contributed by atoms with Crippen LogP contribution in [0.25, 0.3) is 0 Å². The van der Waals surface area contributed by atoms with Gasteiger partial charge in [-0.3, -0.25) is 4.68 Å². The zero-order valence-corrected chi connectivity index (χ0v) is 9.32. The number of aromatic nitrogens is 2. The van der Waals surface area contributed by atoms with E-state index >= 15 is 0 Å². The predicted molar refractivity (Wildman–Crippen MR) is 56.9 cm³/mol. The van der Waals surface area contributed by atoms with Gasteiger partial charge in [0.2, 0.25) is 0 Å². The Kier molecular flexibility index (Phi) is 3.16. The number of hydrogen-bond acceptors (Lipinski definition) is 3. The molecule has 0 saturated carbocycles. The molecule has 0 aromatic carbocycles. The number of hydrogen-bond donors (Lipinski definition) is 1. The van der Waals surface area contributed by atoms with Crippen molar-refractivity contribution in [1.82, 2.24) is 9.78 Å². The molecule has 0 radical (unpaired) electrons. The summed E-state index contributed by atoms with van der Waals surface area (Å²) in [5, 5.41) is 4.12. The standard InChI is InChI=1S/C10H19N3O/c1-8(2)14-10(3,4)7-13-6-9(11)5-12-13/h5-6,8H,7,11H2,1-4H3. The van der Waals surface area contributed by atoms with Crippen molar-refractivity contribution in [3.05, 3.63) is 12.4 Å². The van der Waals surface area contributed by atoms with Crippen molar-refractivity contribution in [3.8, 4) is 0 Å². The van der Waals surface area contributed by atoms with Crippen LogP contribution in [0.3, 0.4) is 0 Å². The van der Waals surface area contributed by atoms with Crippen LogP contribution in [-0.4, -0.2) is 21.5 Å². The van der Waals surface area contributed by atoms with Gasteiger partial charge in [0.15, 0.2) is 0 Å². The Labute approximate surface area is 85.0 Å². The smallest absolute Gasteiger partial charge is 0.0825 e. The SMILES string of the molecule is CC(C)OC(C)(C)Cn1cc(N)cn1. The minimum Gasteiger partial charge on any atom is -0.396 e. The van der Waals surface area contributed by atoms with Crippen LogP contribution in [0, 0.1) is 0 Å². The van der Waals surface area contributed by atoms with E-state index < -0.39 is 0 Å². The molecular weight excluding hydrogens is 178 g/mol. The fraction of sp³-hybridized carbons (Fsp3) is 0.700. The summed E-state index contributed by atoms with van der Waals surface area (Å²) in [5.74, 6) is 0. The van der Waals surface area contributed by atoms with E-state index in [4.69, 9.17) is 10.5 Å². The zero-order chi connectivity index (χ0) is 10.8. The van der Waals surface area contributed by atoms with Crippen LogP contribution in [-0.2, 0) is 11.3 Å². The third kappa shape index (κ3) is 3.38. The monoisotopic (exact) mass is 197 g/mol. The fourth-order valence-corrected chi connectivity index (χ4v) is 1.53. The molecule has 2 N–H and O–H groups in total. The highest BCUT2D eigenvalue weighted by Gasteiger charge is 2.20. The van der Waals surface area contributed by atoms with Gasteiger partial charge in [-0.05, 0) is 27.7 Å². The molecule has 0 amide bonds. The minimum absolute atomic E-state index is 0.216. The summed E-state index contributed by atoms with van der Waals surface area (Å²) in [7, 11) is 0. The predicted octanol–water partition coefficient (Wildman–Crippen LogP) is 1.67. The third-order valence-electron chi connectivity index (χ3n) is 1.75. The minimum atomic E-state index is -0.216. The highest BCUT2D eigenvalue weighted by molar-refractivity contribution is 5.30. The third-order valence-corrected chi connectivity index (χ3v) is 1.75.